The molecule has 0 saturated heterocycles. The van der Waals surface area contributed by atoms with Crippen molar-refractivity contribution < 1.29 is 34.2 Å². The fourth-order valence-corrected chi connectivity index (χ4v) is 2.16. The lowest BCUT2D eigenvalue weighted by atomic mass is 9.90. The SMILES string of the molecule is CC(=O)Nc1ccc(C(=O)CCC(NC(C)=O)(C(=O)O)C(=O)O)cc1. The molecule has 0 saturated carbocycles. The molecule has 0 radical (unpaired) electrons. The maximum absolute atomic E-state index is 12.2. The van der Waals surface area contributed by atoms with Crippen molar-refractivity contribution in [1.82, 2.24) is 5.32 Å². The number of carbonyl (C=O) groups excluding carboxylic acids is 3. The second-order valence-corrected chi connectivity index (χ2v) is 5.38. The highest BCUT2D eigenvalue weighted by molar-refractivity contribution is 6.07. The third-order valence-electron chi connectivity index (χ3n) is 3.37. The molecule has 9 heteroatoms. The molecule has 0 unspecified atom stereocenters. The van der Waals surface area contributed by atoms with Crippen molar-refractivity contribution in [2.24, 2.45) is 0 Å². The van der Waals surface area contributed by atoms with Crippen LogP contribution in [0.4, 0.5) is 5.69 Å². The van der Waals surface area contributed by atoms with E-state index in [9.17, 15) is 34.2 Å². The Morgan fingerprint density at radius 3 is 1.84 bits per heavy atom. The van der Waals surface area contributed by atoms with E-state index >= 15 is 0 Å². The molecule has 25 heavy (non-hydrogen) atoms. The number of carbonyl (C=O) groups is 5. The molecule has 0 bridgehead atoms. The monoisotopic (exact) mass is 350 g/mol. The number of Topliss-reactive ketones (excluding diaryl/α,β-unsaturated/α-hetero) is 1. The first kappa shape index (κ1) is 19.8. The van der Waals surface area contributed by atoms with Gasteiger partial charge in [0.2, 0.25) is 17.4 Å². The average molecular weight is 350 g/mol. The average Bonchev–Trinajstić information content (AvgIpc) is 2.50. The van der Waals surface area contributed by atoms with Crippen LogP contribution >= 0.6 is 0 Å². The Morgan fingerprint density at radius 1 is 0.920 bits per heavy atom. The third-order valence-corrected chi connectivity index (χ3v) is 3.37. The number of ketones is 1. The number of amides is 2. The number of carboxylic acids is 2. The van der Waals surface area contributed by atoms with Crippen LogP contribution in [0.2, 0.25) is 0 Å². The van der Waals surface area contributed by atoms with E-state index in [1.54, 1.807) is 0 Å². The molecule has 0 aliphatic heterocycles. The zero-order valence-electron chi connectivity index (χ0n) is 13.7. The summed E-state index contributed by atoms with van der Waals surface area (Å²) in [6.45, 7) is 2.32. The molecule has 0 aliphatic carbocycles. The lowest BCUT2D eigenvalue weighted by Crippen LogP contribution is -2.59. The Kier molecular flexibility index (Phi) is 6.38. The highest BCUT2D eigenvalue weighted by Crippen LogP contribution is 2.18. The summed E-state index contributed by atoms with van der Waals surface area (Å²) in [7, 11) is 0. The van der Waals surface area contributed by atoms with Crippen molar-refractivity contribution in [2.75, 3.05) is 5.32 Å². The molecule has 134 valence electrons. The first-order chi connectivity index (χ1) is 11.6. The van der Waals surface area contributed by atoms with Crippen molar-refractivity contribution in [3.8, 4) is 0 Å². The van der Waals surface area contributed by atoms with Crippen molar-refractivity contribution in [1.29, 1.82) is 0 Å². The van der Waals surface area contributed by atoms with Crippen LogP contribution in [-0.4, -0.2) is 45.3 Å². The normalized spacial score (nSPS) is 10.6. The van der Waals surface area contributed by atoms with Gasteiger partial charge in [0.1, 0.15) is 0 Å². The fraction of sp³-hybridized carbons (Fsp3) is 0.312. The molecular weight excluding hydrogens is 332 g/mol. The smallest absolute Gasteiger partial charge is 0.341 e. The zero-order valence-corrected chi connectivity index (χ0v) is 13.7. The minimum absolute atomic E-state index is 0.224. The summed E-state index contributed by atoms with van der Waals surface area (Å²) in [6.07, 6.45) is -1.01. The van der Waals surface area contributed by atoms with Crippen LogP contribution in [0.1, 0.15) is 37.0 Å². The lowest BCUT2D eigenvalue weighted by Gasteiger charge is -2.25. The first-order valence-electron chi connectivity index (χ1n) is 7.25. The molecule has 2 amide bonds. The van der Waals surface area contributed by atoms with E-state index in [1.165, 1.54) is 31.2 Å². The summed E-state index contributed by atoms with van der Waals surface area (Å²) in [5.41, 5.74) is -1.87. The molecule has 9 nitrogen and oxygen atoms in total. The second-order valence-electron chi connectivity index (χ2n) is 5.38. The maximum atomic E-state index is 12.2. The fourth-order valence-electron chi connectivity index (χ4n) is 2.16. The second kappa shape index (κ2) is 8.04. The van der Waals surface area contributed by atoms with Gasteiger partial charge in [-0.15, -0.1) is 0 Å². The summed E-state index contributed by atoms with van der Waals surface area (Å²) in [5, 5.41) is 22.8. The molecule has 0 aliphatic rings. The molecule has 1 rings (SSSR count). The van der Waals surface area contributed by atoms with Gasteiger partial charge in [0.05, 0.1) is 0 Å². The van der Waals surface area contributed by atoms with Gasteiger partial charge in [-0.25, -0.2) is 9.59 Å². The predicted octanol–water partition coefficient (Wildman–Crippen LogP) is 0.652. The van der Waals surface area contributed by atoms with Crippen LogP contribution in [0.15, 0.2) is 24.3 Å². The lowest BCUT2D eigenvalue weighted by molar-refractivity contribution is -0.161. The number of benzene rings is 1. The van der Waals surface area contributed by atoms with Crippen molar-refractivity contribution >= 4 is 35.2 Å². The quantitative estimate of drug-likeness (QED) is 0.397. The number of aliphatic carboxylic acids is 2. The van der Waals surface area contributed by atoms with Gasteiger partial charge < -0.3 is 20.8 Å². The maximum Gasteiger partial charge on any atom is 0.341 e. The standard InChI is InChI=1S/C16H18N2O7/c1-9(19)17-12-5-3-11(4-6-12)13(21)7-8-16(14(22)23,15(24)25)18-10(2)20/h3-6H,7-8H2,1-2H3,(H,17,19)(H,18,20)(H,22,23)(H,24,25). The van der Waals surface area contributed by atoms with Crippen LogP contribution in [0.25, 0.3) is 0 Å². The molecular formula is C16H18N2O7. The van der Waals surface area contributed by atoms with Crippen LogP contribution in [-0.2, 0) is 19.2 Å². The van der Waals surface area contributed by atoms with E-state index in [1.807, 2.05) is 5.32 Å². The van der Waals surface area contributed by atoms with Gasteiger partial charge in [-0.2, -0.15) is 0 Å². The van der Waals surface area contributed by atoms with E-state index in [0.717, 1.165) is 6.92 Å². The van der Waals surface area contributed by atoms with E-state index < -0.39 is 42.0 Å². The largest absolute Gasteiger partial charge is 0.479 e. The van der Waals surface area contributed by atoms with Gasteiger partial charge in [0, 0.05) is 31.5 Å². The first-order valence-corrected chi connectivity index (χ1v) is 7.25. The van der Waals surface area contributed by atoms with Crippen LogP contribution < -0.4 is 10.6 Å². The molecule has 4 N–H and O–H groups in total. The topological polar surface area (TPSA) is 150 Å². The number of nitrogens with one attached hydrogen (secondary N) is 2. The number of hydrogen-bond donors (Lipinski definition) is 4. The van der Waals surface area contributed by atoms with E-state index in [2.05, 4.69) is 5.32 Å². The predicted molar refractivity (Wildman–Crippen MR) is 86.1 cm³/mol. The molecule has 0 atom stereocenters. The van der Waals surface area contributed by atoms with Gasteiger partial charge in [-0.05, 0) is 30.7 Å². The molecule has 1 aromatic carbocycles. The minimum atomic E-state index is -2.57. The van der Waals surface area contributed by atoms with Gasteiger partial charge in [0.25, 0.3) is 0 Å². The van der Waals surface area contributed by atoms with E-state index in [4.69, 9.17) is 0 Å². The third kappa shape index (κ3) is 5.13. The van der Waals surface area contributed by atoms with Gasteiger partial charge in [-0.3, -0.25) is 14.4 Å². The van der Waals surface area contributed by atoms with E-state index in [-0.39, 0.29) is 11.5 Å². The molecule has 0 heterocycles. The van der Waals surface area contributed by atoms with Crippen molar-refractivity contribution in [3.63, 3.8) is 0 Å². The molecule has 0 fully saturated rings. The minimum Gasteiger partial charge on any atom is -0.479 e. The summed E-state index contributed by atoms with van der Waals surface area (Å²) < 4.78 is 0. The number of hydrogen-bond acceptors (Lipinski definition) is 5. The number of carboxylic acid groups (broad SMARTS) is 2. The molecule has 0 aromatic heterocycles. The van der Waals surface area contributed by atoms with Gasteiger partial charge in [0.15, 0.2) is 5.78 Å². The highest BCUT2D eigenvalue weighted by atomic mass is 16.4. The highest BCUT2D eigenvalue weighted by Gasteiger charge is 2.47. The Labute approximate surface area is 143 Å². The summed E-state index contributed by atoms with van der Waals surface area (Å²) in [4.78, 5) is 57.0. The Morgan fingerprint density at radius 2 is 1.44 bits per heavy atom. The molecule has 0 spiro atoms. The van der Waals surface area contributed by atoms with Crippen LogP contribution in [0, 0.1) is 0 Å². The summed E-state index contributed by atoms with van der Waals surface area (Å²) in [6, 6.07) is 5.83. The Balaban J connectivity index is 2.90. The van der Waals surface area contributed by atoms with Gasteiger partial charge >= 0.3 is 11.9 Å². The molecule has 1 aromatic rings. The Bertz CT molecular complexity index is 696. The van der Waals surface area contributed by atoms with Gasteiger partial charge in [-0.1, -0.05) is 0 Å². The zero-order chi connectivity index (χ0) is 19.2. The summed E-state index contributed by atoms with van der Waals surface area (Å²) in [5.74, 6) is -5.13. The van der Waals surface area contributed by atoms with Crippen LogP contribution in [0.5, 0.6) is 0 Å². The number of rotatable bonds is 8. The van der Waals surface area contributed by atoms with Crippen molar-refractivity contribution in [3.05, 3.63) is 29.8 Å². The van der Waals surface area contributed by atoms with E-state index in [0.29, 0.717) is 5.69 Å². The summed E-state index contributed by atoms with van der Waals surface area (Å²) >= 11 is 0. The number of anilines is 1. The van der Waals surface area contributed by atoms with Crippen molar-refractivity contribution in [2.45, 2.75) is 32.2 Å². The van der Waals surface area contributed by atoms with Crippen LogP contribution in [0.3, 0.4) is 0 Å². The Hall–Kier alpha value is -3.23.